The Morgan fingerprint density at radius 1 is 1.20 bits per heavy atom. The van der Waals surface area contributed by atoms with E-state index in [0.29, 0.717) is 24.4 Å². The number of aliphatic hydroxyl groups is 3. The van der Waals surface area contributed by atoms with Crippen molar-refractivity contribution in [3.63, 3.8) is 0 Å². The third-order valence-electron chi connectivity index (χ3n) is 6.91. The van der Waals surface area contributed by atoms with E-state index >= 15 is 0 Å². The van der Waals surface area contributed by atoms with Crippen molar-refractivity contribution in [2.45, 2.75) is 38.1 Å². The largest absolute Gasteiger partial charge is 0.483 e. The summed E-state index contributed by atoms with van der Waals surface area (Å²) in [6.07, 6.45) is 1.46. The summed E-state index contributed by atoms with van der Waals surface area (Å²) in [6, 6.07) is 15.1. The van der Waals surface area contributed by atoms with Crippen molar-refractivity contribution in [3.05, 3.63) is 60.6 Å². The van der Waals surface area contributed by atoms with Gasteiger partial charge in [-0.3, -0.25) is 0 Å². The molecule has 0 radical (unpaired) electrons. The van der Waals surface area contributed by atoms with Gasteiger partial charge in [0.1, 0.15) is 12.0 Å². The van der Waals surface area contributed by atoms with E-state index in [1.54, 1.807) is 13.3 Å². The quantitative estimate of drug-likeness (QED) is 0.273. The number of fused-ring (bicyclic) bond motifs is 2. The number of aromatic amines is 1. The third-order valence-corrected chi connectivity index (χ3v) is 6.91. The standard InChI is InChI=1S/C26H31N5O4/c1-26(13-32,14-33)25(35-18-6-8-19-21(12-18)29-15-28-19)20-7-5-16-3-2-4-22(24(16)30-20)31-10-9-17(27)11-23(31)34/h2-8,12,15,17,23,25,32-34H,9-11,13-14,27H2,1H3,(H,28,29). The van der Waals surface area contributed by atoms with Gasteiger partial charge in [-0.15, -0.1) is 0 Å². The molecular formula is C26H31N5O4. The van der Waals surface area contributed by atoms with Crippen LogP contribution >= 0.6 is 0 Å². The highest BCUT2D eigenvalue weighted by atomic mass is 16.5. The molecule has 2 aromatic heterocycles. The first-order valence-electron chi connectivity index (χ1n) is 11.8. The second kappa shape index (κ2) is 9.43. The van der Waals surface area contributed by atoms with E-state index in [-0.39, 0.29) is 19.3 Å². The molecule has 0 bridgehead atoms. The fourth-order valence-electron chi connectivity index (χ4n) is 4.67. The van der Waals surface area contributed by atoms with Crippen LogP contribution in [0.1, 0.15) is 31.6 Å². The number of aliphatic hydroxyl groups excluding tert-OH is 3. The maximum atomic E-state index is 10.7. The fraction of sp³-hybridized carbons (Fsp3) is 0.385. The third kappa shape index (κ3) is 4.43. The van der Waals surface area contributed by atoms with Gasteiger partial charge in [0.05, 0.1) is 52.9 Å². The highest BCUT2D eigenvalue weighted by molar-refractivity contribution is 5.91. The highest BCUT2D eigenvalue weighted by Crippen LogP contribution is 2.39. The number of imidazole rings is 1. The average molecular weight is 478 g/mol. The highest BCUT2D eigenvalue weighted by Gasteiger charge is 2.38. The second-order valence-corrected chi connectivity index (χ2v) is 9.59. The molecule has 5 rings (SSSR count). The first-order valence-corrected chi connectivity index (χ1v) is 11.8. The number of nitrogens with two attached hydrogens (primary N) is 1. The molecule has 0 saturated carbocycles. The van der Waals surface area contributed by atoms with Gasteiger partial charge in [-0.1, -0.05) is 25.1 Å². The van der Waals surface area contributed by atoms with Gasteiger partial charge in [-0.25, -0.2) is 9.97 Å². The number of aromatic nitrogens is 3. The summed E-state index contributed by atoms with van der Waals surface area (Å²) in [5, 5.41) is 32.1. The normalized spacial score (nSPS) is 19.9. The Hall–Kier alpha value is -3.24. The minimum atomic E-state index is -1.00. The van der Waals surface area contributed by atoms with Crippen molar-refractivity contribution in [1.29, 1.82) is 0 Å². The number of hydrogen-bond acceptors (Lipinski definition) is 8. The Labute approximate surface area is 203 Å². The van der Waals surface area contributed by atoms with Crippen LogP contribution in [0.4, 0.5) is 5.69 Å². The summed E-state index contributed by atoms with van der Waals surface area (Å²) >= 11 is 0. The first-order chi connectivity index (χ1) is 16.9. The number of para-hydroxylation sites is 1. The summed E-state index contributed by atoms with van der Waals surface area (Å²) in [5.41, 5.74) is 8.79. The maximum Gasteiger partial charge on any atom is 0.150 e. The van der Waals surface area contributed by atoms with Gasteiger partial charge in [-0.2, -0.15) is 0 Å². The number of nitrogens with one attached hydrogen (secondary N) is 1. The zero-order valence-corrected chi connectivity index (χ0v) is 19.6. The Bertz CT molecular complexity index is 1320. The summed E-state index contributed by atoms with van der Waals surface area (Å²) in [5.74, 6) is 0.565. The van der Waals surface area contributed by atoms with E-state index in [9.17, 15) is 15.3 Å². The number of rotatable bonds is 7. The molecule has 4 aromatic rings. The van der Waals surface area contributed by atoms with Gasteiger partial charge in [-0.05, 0) is 30.7 Å². The minimum absolute atomic E-state index is 0.0282. The van der Waals surface area contributed by atoms with Crippen molar-refractivity contribution in [3.8, 4) is 5.75 Å². The summed E-state index contributed by atoms with van der Waals surface area (Å²) in [7, 11) is 0. The number of anilines is 1. The molecule has 0 spiro atoms. The number of ether oxygens (including phenoxy) is 1. The van der Waals surface area contributed by atoms with Crippen LogP contribution in [0.15, 0.2) is 54.9 Å². The predicted octanol–water partition coefficient (Wildman–Crippen LogP) is 2.47. The molecule has 9 heteroatoms. The lowest BCUT2D eigenvalue weighted by atomic mass is 9.83. The van der Waals surface area contributed by atoms with E-state index < -0.39 is 17.7 Å². The molecule has 35 heavy (non-hydrogen) atoms. The number of benzene rings is 2. The summed E-state index contributed by atoms with van der Waals surface area (Å²) in [4.78, 5) is 14.2. The van der Waals surface area contributed by atoms with Crippen molar-refractivity contribution in [2.75, 3.05) is 24.7 Å². The number of piperidine rings is 1. The van der Waals surface area contributed by atoms with E-state index in [2.05, 4.69) is 9.97 Å². The van der Waals surface area contributed by atoms with Crippen LogP contribution in [-0.4, -0.2) is 62.3 Å². The van der Waals surface area contributed by atoms with Crippen LogP contribution < -0.4 is 15.4 Å². The zero-order chi connectivity index (χ0) is 24.6. The number of H-pyrrole nitrogens is 1. The Morgan fingerprint density at radius 2 is 2.03 bits per heavy atom. The molecule has 9 nitrogen and oxygen atoms in total. The van der Waals surface area contributed by atoms with E-state index in [4.69, 9.17) is 15.5 Å². The van der Waals surface area contributed by atoms with Crippen LogP contribution in [-0.2, 0) is 0 Å². The zero-order valence-electron chi connectivity index (χ0n) is 19.6. The number of nitrogens with zero attached hydrogens (tertiary/aromatic N) is 3. The molecule has 184 valence electrons. The van der Waals surface area contributed by atoms with Gasteiger partial charge < -0.3 is 35.7 Å². The van der Waals surface area contributed by atoms with Gasteiger partial charge >= 0.3 is 0 Å². The second-order valence-electron chi connectivity index (χ2n) is 9.59. The Morgan fingerprint density at radius 3 is 2.80 bits per heavy atom. The molecule has 1 aliphatic heterocycles. The number of pyridine rings is 1. The molecule has 3 heterocycles. The molecule has 0 amide bonds. The molecular weight excluding hydrogens is 446 g/mol. The number of hydrogen-bond donors (Lipinski definition) is 5. The fourth-order valence-corrected chi connectivity index (χ4v) is 4.67. The maximum absolute atomic E-state index is 10.7. The van der Waals surface area contributed by atoms with Gasteiger partial charge in [0.15, 0.2) is 6.10 Å². The first kappa shape index (κ1) is 23.5. The molecule has 0 aliphatic carbocycles. The SMILES string of the molecule is CC(CO)(CO)C(Oc1ccc2nc[nH]c2c1)c1ccc2cccc(N3CCC(N)CC3O)c2n1. The van der Waals surface area contributed by atoms with Gasteiger partial charge in [0.25, 0.3) is 0 Å². The van der Waals surface area contributed by atoms with Crippen molar-refractivity contribution in [1.82, 2.24) is 15.0 Å². The van der Waals surface area contributed by atoms with Gasteiger partial charge in [0.2, 0.25) is 0 Å². The molecule has 2 aromatic carbocycles. The lowest BCUT2D eigenvalue weighted by Crippen LogP contribution is -2.47. The van der Waals surface area contributed by atoms with E-state index in [0.717, 1.165) is 34.0 Å². The van der Waals surface area contributed by atoms with E-state index in [1.165, 1.54) is 0 Å². The molecule has 3 atom stereocenters. The van der Waals surface area contributed by atoms with Crippen molar-refractivity contribution < 1.29 is 20.1 Å². The molecule has 1 aliphatic rings. The van der Waals surface area contributed by atoms with E-state index in [1.807, 2.05) is 53.4 Å². The minimum Gasteiger partial charge on any atom is -0.483 e. The average Bonchev–Trinajstić information content (AvgIpc) is 3.34. The molecule has 1 fully saturated rings. The Balaban J connectivity index is 1.58. The van der Waals surface area contributed by atoms with Crippen molar-refractivity contribution >= 4 is 27.6 Å². The van der Waals surface area contributed by atoms with Crippen LogP contribution in [0.3, 0.4) is 0 Å². The topological polar surface area (TPSA) is 141 Å². The molecule has 6 N–H and O–H groups in total. The van der Waals surface area contributed by atoms with Gasteiger partial charge in [0, 0.05) is 30.5 Å². The van der Waals surface area contributed by atoms with Crippen LogP contribution in [0.2, 0.25) is 0 Å². The lowest BCUT2D eigenvalue weighted by Gasteiger charge is -2.37. The summed E-state index contributed by atoms with van der Waals surface area (Å²) in [6.45, 7) is 1.79. The smallest absolute Gasteiger partial charge is 0.150 e. The lowest BCUT2D eigenvalue weighted by molar-refractivity contribution is -0.0307. The van der Waals surface area contributed by atoms with Crippen LogP contribution in [0, 0.1) is 5.41 Å². The monoisotopic (exact) mass is 477 g/mol. The summed E-state index contributed by atoms with van der Waals surface area (Å²) < 4.78 is 6.38. The molecule has 1 saturated heterocycles. The van der Waals surface area contributed by atoms with Crippen molar-refractivity contribution in [2.24, 2.45) is 11.1 Å². The molecule has 3 unspecified atom stereocenters. The van der Waals surface area contributed by atoms with Crippen LogP contribution in [0.25, 0.3) is 21.9 Å². The Kier molecular flexibility index (Phi) is 6.33. The predicted molar refractivity (Wildman–Crippen MR) is 134 cm³/mol. The van der Waals surface area contributed by atoms with Crippen LogP contribution in [0.5, 0.6) is 5.75 Å².